The normalized spacial score (nSPS) is 10.5. The molecule has 2 aromatic heterocycles. The van der Waals surface area contributed by atoms with Gasteiger partial charge in [-0.2, -0.15) is 10.2 Å². The summed E-state index contributed by atoms with van der Waals surface area (Å²) < 4.78 is 0. The Morgan fingerprint density at radius 2 is 1.12 bits per heavy atom. The van der Waals surface area contributed by atoms with Crippen LogP contribution in [0.25, 0.3) is 0 Å². The van der Waals surface area contributed by atoms with Gasteiger partial charge in [-0.25, -0.2) is 0 Å². The molecule has 2 N–H and O–H groups in total. The van der Waals surface area contributed by atoms with Crippen molar-refractivity contribution in [3.8, 4) is 0 Å². The third-order valence-electron chi connectivity index (χ3n) is 2.92. The SMILES string of the molecule is C(=N\N=C\c1ccncc1)/c1ccncc1.O=C(O)CCCCC(=O)O. The number of carbonyl (C=O) groups is 2. The predicted molar refractivity (Wildman–Crippen MR) is 97.4 cm³/mol. The van der Waals surface area contributed by atoms with E-state index in [4.69, 9.17) is 10.2 Å². The lowest BCUT2D eigenvalue weighted by Gasteiger charge is -1.92. The first-order valence-electron chi connectivity index (χ1n) is 7.88. The second-order valence-electron chi connectivity index (χ2n) is 5.04. The van der Waals surface area contributed by atoms with Crippen LogP contribution in [0.1, 0.15) is 36.8 Å². The molecule has 0 aliphatic heterocycles. The van der Waals surface area contributed by atoms with E-state index in [9.17, 15) is 9.59 Å². The molecule has 0 fully saturated rings. The maximum Gasteiger partial charge on any atom is 0.303 e. The molecule has 0 aliphatic rings. The number of carboxylic acids is 2. The van der Waals surface area contributed by atoms with Crippen LogP contribution in [-0.2, 0) is 9.59 Å². The summed E-state index contributed by atoms with van der Waals surface area (Å²) in [6, 6.07) is 7.47. The first-order chi connectivity index (χ1) is 12.6. The van der Waals surface area contributed by atoms with Crippen LogP contribution in [0.3, 0.4) is 0 Å². The highest BCUT2D eigenvalue weighted by Gasteiger charge is 1.99. The lowest BCUT2D eigenvalue weighted by molar-refractivity contribution is -0.139. The Balaban J connectivity index is 0.000000294. The molecule has 0 aliphatic carbocycles. The van der Waals surface area contributed by atoms with Crippen LogP contribution in [0.2, 0.25) is 0 Å². The van der Waals surface area contributed by atoms with E-state index < -0.39 is 11.9 Å². The van der Waals surface area contributed by atoms with Crippen molar-refractivity contribution in [3.63, 3.8) is 0 Å². The molecule has 0 saturated carbocycles. The second kappa shape index (κ2) is 12.9. The maximum atomic E-state index is 9.90. The molecular weight excluding hydrogens is 336 g/mol. The van der Waals surface area contributed by atoms with Gasteiger partial charge in [0.2, 0.25) is 0 Å². The topological polar surface area (TPSA) is 125 Å². The van der Waals surface area contributed by atoms with E-state index in [1.54, 1.807) is 37.2 Å². The second-order valence-corrected chi connectivity index (χ2v) is 5.04. The van der Waals surface area contributed by atoms with E-state index in [1.807, 2.05) is 24.3 Å². The average molecular weight is 356 g/mol. The number of hydrogen-bond acceptors (Lipinski definition) is 6. The van der Waals surface area contributed by atoms with Crippen LogP contribution in [0.5, 0.6) is 0 Å². The summed E-state index contributed by atoms with van der Waals surface area (Å²) in [5.74, 6) is -1.74. The molecule has 0 unspecified atom stereocenters. The number of aromatic nitrogens is 2. The molecular formula is C18H20N4O4. The fourth-order valence-electron chi connectivity index (χ4n) is 1.65. The Kier molecular flexibility index (Phi) is 10.3. The molecule has 2 rings (SSSR count). The van der Waals surface area contributed by atoms with Crippen molar-refractivity contribution in [1.29, 1.82) is 0 Å². The molecule has 8 nitrogen and oxygen atoms in total. The smallest absolute Gasteiger partial charge is 0.303 e. The van der Waals surface area contributed by atoms with Gasteiger partial charge in [0.05, 0.1) is 12.4 Å². The molecule has 0 spiro atoms. The lowest BCUT2D eigenvalue weighted by Crippen LogP contribution is -1.97. The van der Waals surface area contributed by atoms with Gasteiger partial charge < -0.3 is 10.2 Å². The Bertz CT molecular complexity index is 655. The van der Waals surface area contributed by atoms with Gasteiger partial charge in [0, 0.05) is 37.6 Å². The number of unbranched alkanes of at least 4 members (excludes halogenated alkanes) is 1. The predicted octanol–water partition coefficient (Wildman–Crippen LogP) is 2.65. The summed E-state index contributed by atoms with van der Waals surface area (Å²) in [6.07, 6.45) is 11.2. The highest BCUT2D eigenvalue weighted by Crippen LogP contribution is 1.98. The fraction of sp³-hybridized carbons (Fsp3) is 0.222. The first-order valence-corrected chi connectivity index (χ1v) is 7.88. The summed E-state index contributed by atoms with van der Waals surface area (Å²) >= 11 is 0. The van der Waals surface area contributed by atoms with Gasteiger partial charge in [0.15, 0.2) is 0 Å². The summed E-state index contributed by atoms with van der Waals surface area (Å²) in [7, 11) is 0. The summed E-state index contributed by atoms with van der Waals surface area (Å²) in [5.41, 5.74) is 1.95. The number of carboxylic acid groups (broad SMARTS) is 2. The highest BCUT2D eigenvalue weighted by molar-refractivity contribution is 5.82. The molecule has 0 atom stereocenters. The molecule has 0 bridgehead atoms. The number of nitrogens with zero attached hydrogens (tertiary/aromatic N) is 4. The summed E-state index contributed by atoms with van der Waals surface area (Å²) in [4.78, 5) is 27.6. The highest BCUT2D eigenvalue weighted by atomic mass is 16.4. The monoisotopic (exact) mass is 356 g/mol. The molecule has 8 heteroatoms. The van der Waals surface area contributed by atoms with Crippen molar-refractivity contribution in [3.05, 3.63) is 60.2 Å². The Labute approximate surface area is 151 Å². The van der Waals surface area contributed by atoms with E-state index in [0.717, 1.165) is 11.1 Å². The number of rotatable bonds is 8. The largest absolute Gasteiger partial charge is 0.481 e. The van der Waals surface area contributed by atoms with Crippen molar-refractivity contribution in [2.24, 2.45) is 10.2 Å². The van der Waals surface area contributed by atoms with Crippen molar-refractivity contribution >= 4 is 24.4 Å². The van der Waals surface area contributed by atoms with E-state index in [0.29, 0.717) is 12.8 Å². The van der Waals surface area contributed by atoms with Crippen LogP contribution < -0.4 is 0 Å². The van der Waals surface area contributed by atoms with Crippen molar-refractivity contribution in [2.45, 2.75) is 25.7 Å². The molecule has 2 aromatic rings. The van der Waals surface area contributed by atoms with E-state index in [1.165, 1.54) is 0 Å². The lowest BCUT2D eigenvalue weighted by atomic mass is 10.2. The zero-order chi connectivity index (χ0) is 19.0. The van der Waals surface area contributed by atoms with Gasteiger partial charge in [0.1, 0.15) is 0 Å². The van der Waals surface area contributed by atoms with Crippen LogP contribution >= 0.6 is 0 Å². The van der Waals surface area contributed by atoms with Gasteiger partial charge in [-0.1, -0.05) is 0 Å². The molecule has 0 aromatic carbocycles. The van der Waals surface area contributed by atoms with E-state index >= 15 is 0 Å². The summed E-state index contributed by atoms with van der Waals surface area (Å²) in [5, 5.41) is 24.1. The minimum Gasteiger partial charge on any atom is -0.481 e. The van der Waals surface area contributed by atoms with Gasteiger partial charge in [-0.05, 0) is 48.2 Å². The minimum atomic E-state index is -0.870. The molecule has 26 heavy (non-hydrogen) atoms. The quantitative estimate of drug-likeness (QED) is 0.425. The molecule has 2 heterocycles. The average Bonchev–Trinajstić information content (AvgIpc) is 2.64. The Hall–Kier alpha value is -3.42. The van der Waals surface area contributed by atoms with E-state index in [-0.39, 0.29) is 12.8 Å². The zero-order valence-corrected chi connectivity index (χ0v) is 14.1. The molecule has 0 amide bonds. The van der Waals surface area contributed by atoms with Crippen molar-refractivity contribution < 1.29 is 19.8 Å². The molecule has 0 radical (unpaired) electrons. The Morgan fingerprint density at radius 3 is 1.42 bits per heavy atom. The van der Waals surface area contributed by atoms with Gasteiger partial charge in [0.25, 0.3) is 0 Å². The standard InChI is InChI=1S/C12H10N4.C6H10O4/c1-5-13-6-2-11(1)9-15-16-10-12-3-7-14-8-4-12;7-5(8)3-1-2-4-6(9)10/h1-10H;1-4H2,(H,7,8)(H,9,10)/b15-9+,16-10+;. The van der Waals surface area contributed by atoms with Crippen LogP contribution in [0.15, 0.2) is 59.3 Å². The maximum absolute atomic E-state index is 9.90. The van der Waals surface area contributed by atoms with Crippen molar-refractivity contribution in [2.75, 3.05) is 0 Å². The first kappa shape index (κ1) is 20.6. The molecule has 136 valence electrons. The number of hydrogen-bond donors (Lipinski definition) is 2. The van der Waals surface area contributed by atoms with E-state index in [2.05, 4.69) is 20.2 Å². The van der Waals surface area contributed by atoms with Crippen LogP contribution in [0, 0.1) is 0 Å². The van der Waals surface area contributed by atoms with Gasteiger partial charge in [-0.15, -0.1) is 0 Å². The minimum absolute atomic E-state index is 0.0628. The number of pyridine rings is 2. The van der Waals surface area contributed by atoms with Gasteiger partial charge >= 0.3 is 11.9 Å². The fourth-order valence-corrected chi connectivity index (χ4v) is 1.65. The van der Waals surface area contributed by atoms with Gasteiger partial charge in [-0.3, -0.25) is 19.6 Å². The Morgan fingerprint density at radius 1 is 0.769 bits per heavy atom. The summed E-state index contributed by atoms with van der Waals surface area (Å²) in [6.45, 7) is 0. The third-order valence-corrected chi connectivity index (χ3v) is 2.92. The zero-order valence-electron chi connectivity index (χ0n) is 14.1. The van der Waals surface area contributed by atoms with Crippen LogP contribution in [-0.4, -0.2) is 44.5 Å². The van der Waals surface area contributed by atoms with Crippen LogP contribution in [0.4, 0.5) is 0 Å². The molecule has 0 saturated heterocycles. The number of aliphatic carboxylic acids is 2. The third kappa shape index (κ3) is 11.2. The van der Waals surface area contributed by atoms with Crippen molar-refractivity contribution in [1.82, 2.24) is 9.97 Å².